The Morgan fingerprint density at radius 3 is 2.26 bits per heavy atom. The van der Waals surface area contributed by atoms with Gasteiger partial charge in [0.2, 0.25) is 17.7 Å². The minimum absolute atomic E-state index is 0.0679. The van der Waals surface area contributed by atoms with E-state index in [1.54, 1.807) is 0 Å². The second-order valence-electron chi connectivity index (χ2n) is 8.37. The molecule has 3 aliphatic rings. The molecule has 3 rings (SSSR count). The highest BCUT2D eigenvalue weighted by Gasteiger charge is 2.34. The molecule has 0 radical (unpaired) electrons. The molecule has 27 heavy (non-hydrogen) atoms. The highest BCUT2D eigenvalue weighted by molar-refractivity contribution is 5.84. The molecule has 0 aromatic heterocycles. The van der Waals surface area contributed by atoms with E-state index < -0.39 is 0 Å². The Kier molecular flexibility index (Phi) is 6.73. The van der Waals surface area contributed by atoms with Crippen LogP contribution in [-0.2, 0) is 14.4 Å². The number of carbonyl (C=O) groups is 3. The number of amides is 3. The second-order valence-corrected chi connectivity index (χ2v) is 8.37. The van der Waals surface area contributed by atoms with Crippen molar-refractivity contribution in [2.75, 3.05) is 52.4 Å². The van der Waals surface area contributed by atoms with Crippen molar-refractivity contribution in [2.45, 2.75) is 52.0 Å². The summed E-state index contributed by atoms with van der Waals surface area (Å²) < 4.78 is 0. The van der Waals surface area contributed by atoms with E-state index in [2.05, 4.69) is 18.7 Å². The number of hydrogen-bond acceptors (Lipinski definition) is 4. The molecule has 0 saturated carbocycles. The fourth-order valence-corrected chi connectivity index (χ4v) is 4.44. The van der Waals surface area contributed by atoms with Crippen LogP contribution in [0.25, 0.3) is 0 Å². The number of rotatable bonds is 6. The minimum atomic E-state index is -0.0679. The summed E-state index contributed by atoms with van der Waals surface area (Å²) in [7, 11) is 0. The summed E-state index contributed by atoms with van der Waals surface area (Å²) in [6.07, 6.45) is 3.53. The normalized spacial score (nSPS) is 25.0. The summed E-state index contributed by atoms with van der Waals surface area (Å²) >= 11 is 0. The van der Waals surface area contributed by atoms with Gasteiger partial charge in [-0.1, -0.05) is 0 Å². The van der Waals surface area contributed by atoms with Crippen LogP contribution in [0.4, 0.5) is 0 Å². The van der Waals surface area contributed by atoms with E-state index in [1.807, 2.05) is 14.7 Å². The molecule has 152 valence electrons. The molecule has 3 aliphatic heterocycles. The van der Waals surface area contributed by atoms with Gasteiger partial charge in [-0.3, -0.25) is 19.3 Å². The van der Waals surface area contributed by atoms with Gasteiger partial charge in [0.05, 0.1) is 5.92 Å². The Balaban J connectivity index is 1.45. The number of carbonyl (C=O) groups excluding carboxylic acids is 3. The minimum Gasteiger partial charge on any atom is -0.343 e. The maximum Gasteiger partial charge on any atom is 0.227 e. The topological polar surface area (TPSA) is 64.2 Å². The lowest BCUT2D eigenvalue weighted by molar-refractivity contribution is -0.144. The molecule has 3 amide bonds. The standard InChI is InChI=1S/C20H34N4O3/c1-16(2)21-11-13-23(14-12-21)20(27)17-6-7-19(26)24(15-17)10-4-9-22-8-3-5-18(22)25/h16-17H,3-15H2,1-2H3. The molecule has 1 atom stereocenters. The summed E-state index contributed by atoms with van der Waals surface area (Å²) in [5.74, 6) is 0.525. The monoisotopic (exact) mass is 378 g/mol. The SMILES string of the molecule is CC(C)N1CCN(C(=O)C2CCC(=O)N(CCCN3CCCC3=O)C2)CC1. The van der Waals surface area contributed by atoms with Crippen LogP contribution >= 0.6 is 0 Å². The molecule has 0 N–H and O–H groups in total. The molecule has 0 aromatic carbocycles. The van der Waals surface area contributed by atoms with Crippen LogP contribution in [0.15, 0.2) is 0 Å². The largest absolute Gasteiger partial charge is 0.343 e. The van der Waals surface area contributed by atoms with Gasteiger partial charge in [-0.2, -0.15) is 0 Å². The predicted octanol–water partition coefficient (Wildman–Crippen LogP) is 0.790. The lowest BCUT2D eigenvalue weighted by atomic mass is 9.95. The fourth-order valence-electron chi connectivity index (χ4n) is 4.44. The van der Waals surface area contributed by atoms with Gasteiger partial charge in [0, 0.05) is 71.2 Å². The van der Waals surface area contributed by atoms with Crippen molar-refractivity contribution < 1.29 is 14.4 Å². The Morgan fingerprint density at radius 2 is 1.63 bits per heavy atom. The van der Waals surface area contributed by atoms with Gasteiger partial charge in [0.1, 0.15) is 0 Å². The van der Waals surface area contributed by atoms with Crippen LogP contribution in [-0.4, -0.2) is 95.7 Å². The maximum absolute atomic E-state index is 12.9. The third-order valence-corrected chi connectivity index (χ3v) is 6.23. The number of piperazine rings is 1. The lowest BCUT2D eigenvalue weighted by Gasteiger charge is -2.40. The highest BCUT2D eigenvalue weighted by Crippen LogP contribution is 2.21. The molecule has 7 nitrogen and oxygen atoms in total. The molecule has 0 spiro atoms. The van der Waals surface area contributed by atoms with E-state index in [-0.39, 0.29) is 23.6 Å². The van der Waals surface area contributed by atoms with Gasteiger partial charge in [-0.15, -0.1) is 0 Å². The van der Waals surface area contributed by atoms with Gasteiger partial charge < -0.3 is 14.7 Å². The number of piperidine rings is 1. The lowest BCUT2D eigenvalue weighted by Crippen LogP contribution is -2.54. The first kappa shape index (κ1) is 20.1. The van der Waals surface area contributed by atoms with Crippen LogP contribution in [0.1, 0.15) is 46.0 Å². The van der Waals surface area contributed by atoms with Crippen molar-refractivity contribution in [1.82, 2.24) is 19.6 Å². The third kappa shape index (κ3) is 5.00. The molecule has 0 bridgehead atoms. The van der Waals surface area contributed by atoms with E-state index in [4.69, 9.17) is 0 Å². The second kappa shape index (κ2) is 9.04. The third-order valence-electron chi connectivity index (χ3n) is 6.23. The van der Waals surface area contributed by atoms with Gasteiger partial charge >= 0.3 is 0 Å². The summed E-state index contributed by atoms with van der Waals surface area (Å²) in [6, 6.07) is 0.521. The molecule has 1 unspecified atom stereocenters. The highest BCUT2D eigenvalue weighted by atomic mass is 16.2. The first-order valence-corrected chi connectivity index (χ1v) is 10.5. The molecule has 0 aliphatic carbocycles. The van der Waals surface area contributed by atoms with E-state index in [9.17, 15) is 14.4 Å². The van der Waals surface area contributed by atoms with Gasteiger partial charge in [-0.05, 0) is 33.1 Å². The Bertz CT molecular complexity index is 557. The van der Waals surface area contributed by atoms with E-state index in [0.29, 0.717) is 38.4 Å². The fraction of sp³-hybridized carbons (Fsp3) is 0.850. The molecular weight excluding hydrogens is 344 g/mol. The van der Waals surface area contributed by atoms with Crippen LogP contribution in [0, 0.1) is 5.92 Å². The first-order chi connectivity index (χ1) is 13.0. The zero-order chi connectivity index (χ0) is 19.4. The van der Waals surface area contributed by atoms with Crippen LogP contribution < -0.4 is 0 Å². The van der Waals surface area contributed by atoms with Crippen molar-refractivity contribution in [3.05, 3.63) is 0 Å². The molecule has 0 aromatic rings. The van der Waals surface area contributed by atoms with Crippen molar-refractivity contribution in [3.8, 4) is 0 Å². The molecule has 7 heteroatoms. The van der Waals surface area contributed by atoms with Gasteiger partial charge in [0.25, 0.3) is 0 Å². The Morgan fingerprint density at radius 1 is 0.963 bits per heavy atom. The van der Waals surface area contributed by atoms with Crippen molar-refractivity contribution in [3.63, 3.8) is 0 Å². The Labute approximate surface area is 162 Å². The van der Waals surface area contributed by atoms with Crippen molar-refractivity contribution in [2.24, 2.45) is 5.92 Å². The summed E-state index contributed by atoms with van der Waals surface area (Å²) in [5.41, 5.74) is 0. The molecule has 3 saturated heterocycles. The van der Waals surface area contributed by atoms with E-state index in [0.717, 1.165) is 52.1 Å². The zero-order valence-corrected chi connectivity index (χ0v) is 16.9. The van der Waals surface area contributed by atoms with Crippen LogP contribution in [0.3, 0.4) is 0 Å². The molecule has 3 heterocycles. The average Bonchev–Trinajstić information content (AvgIpc) is 3.07. The summed E-state index contributed by atoms with van der Waals surface area (Å²) in [4.78, 5) is 45.0. The smallest absolute Gasteiger partial charge is 0.227 e. The van der Waals surface area contributed by atoms with E-state index >= 15 is 0 Å². The first-order valence-electron chi connectivity index (χ1n) is 10.5. The number of nitrogens with zero attached hydrogens (tertiary/aromatic N) is 4. The zero-order valence-electron chi connectivity index (χ0n) is 16.9. The van der Waals surface area contributed by atoms with Crippen LogP contribution in [0.5, 0.6) is 0 Å². The number of likely N-dealkylation sites (tertiary alicyclic amines) is 2. The summed E-state index contributed by atoms with van der Waals surface area (Å²) in [6.45, 7) is 10.6. The summed E-state index contributed by atoms with van der Waals surface area (Å²) in [5, 5.41) is 0. The van der Waals surface area contributed by atoms with Crippen molar-refractivity contribution >= 4 is 17.7 Å². The van der Waals surface area contributed by atoms with Gasteiger partial charge in [0.15, 0.2) is 0 Å². The van der Waals surface area contributed by atoms with Crippen molar-refractivity contribution in [1.29, 1.82) is 0 Å². The molecule has 3 fully saturated rings. The Hall–Kier alpha value is -1.63. The quantitative estimate of drug-likeness (QED) is 0.686. The molecular formula is C20H34N4O3. The number of hydrogen-bond donors (Lipinski definition) is 0. The predicted molar refractivity (Wildman–Crippen MR) is 103 cm³/mol. The average molecular weight is 379 g/mol. The maximum atomic E-state index is 12.9. The van der Waals surface area contributed by atoms with E-state index in [1.165, 1.54) is 0 Å². The van der Waals surface area contributed by atoms with Gasteiger partial charge in [-0.25, -0.2) is 0 Å². The van der Waals surface area contributed by atoms with Crippen LogP contribution in [0.2, 0.25) is 0 Å².